The van der Waals surface area contributed by atoms with Crippen LogP contribution in [0.3, 0.4) is 0 Å². The summed E-state index contributed by atoms with van der Waals surface area (Å²) >= 11 is 1.65. The second kappa shape index (κ2) is 5.87. The summed E-state index contributed by atoms with van der Waals surface area (Å²) in [6.45, 7) is 0. The van der Waals surface area contributed by atoms with Gasteiger partial charge in [-0.25, -0.2) is 0 Å². The fraction of sp³-hybridized carbons (Fsp3) is 0.222. The molecule has 0 saturated carbocycles. The molecular formula is C9H11ClN2S. The molecule has 0 aliphatic heterocycles. The monoisotopic (exact) mass is 214 g/mol. The number of rotatable bonds is 2. The maximum atomic E-state index is 8.57. The van der Waals surface area contributed by atoms with Crippen molar-refractivity contribution in [3.05, 3.63) is 29.8 Å². The number of nitrogens with two attached hydrogens (primary N) is 1. The fourth-order valence-electron chi connectivity index (χ4n) is 0.910. The van der Waals surface area contributed by atoms with Crippen molar-refractivity contribution in [2.24, 2.45) is 5.73 Å². The predicted octanol–water partition coefficient (Wildman–Crippen LogP) is 2.35. The van der Waals surface area contributed by atoms with Crippen LogP contribution in [-0.4, -0.2) is 6.26 Å². The molecule has 1 aromatic rings. The van der Waals surface area contributed by atoms with Gasteiger partial charge in [-0.1, -0.05) is 12.1 Å². The van der Waals surface area contributed by atoms with Gasteiger partial charge in [0, 0.05) is 4.90 Å². The third-order valence-corrected chi connectivity index (χ3v) is 2.32. The van der Waals surface area contributed by atoms with Crippen molar-refractivity contribution in [1.82, 2.24) is 0 Å². The molecule has 1 atom stereocenters. The molecular weight excluding hydrogens is 204 g/mol. The lowest BCUT2D eigenvalue weighted by atomic mass is 10.1. The first-order valence-corrected chi connectivity index (χ1v) is 4.79. The topological polar surface area (TPSA) is 49.8 Å². The van der Waals surface area contributed by atoms with Crippen molar-refractivity contribution in [3.63, 3.8) is 0 Å². The van der Waals surface area contributed by atoms with Crippen LogP contribution >= 0.6 is 24.2 Å². The van der Waals surface area contributed by atoms with Crippen LogP contribution in [0.2, 0.25) is 0 Å². The molecule has 0 aliphatic rings. The van der Waals surface area contributed by atoms with Gasteiger partial charge in [0.1, 0.15) is 6.04 Å². The van der Waals surface area contributed by atoms with Crippen LogP contribution in [0.1, 0.15) is 11.6 Å². The lowest BCUT2D eigenvalue weighted by molar-refractivity contribution is 0.921. The van der Waals surface area contributed by atoms with Gasteiger partial charge in [-0.3, -0.25) is 0 Å². The quantitative estimate of drug-likeness (QED) is 0.769. The molecule has 0 bridgehead atoms. The van der Waals surface area contributed by atoms with Gasteiger partial charge in [0.25, 0.3) is 0 Å². The zero-order chi connectivity index (χ0) is 8.97. The maximum Gasteiger partial charge on any atom is 0.118 e. The molecule has 0 fully saturated rings. The minimum atomic E-state index is -0.503. The zero-order valence-corrected chi connectivity index (χ0v) is 8.86. The fourth-order valence-corrected chi connectivity index (χ4v) is 1.38. The third-order valence-electron chi connectivity index (χ3n) is 1.59. The van der Waals surface area contributed by atoms with E-state index in [-0.39, 0.29) is 12.4 Å². The van der Waals surface area contributed by atoms with Crippen LogP contribution in [0.4, 0.5) is 0 Å². The molecule has 0 saturated heterocycles. The summed E-state index contributed by atoms with van der Waals surface area (Å²) in [5, 5.41) is 8.57. The molecule has 13 heavy (non-hydrogen) atoms. The van der Waals surface area contributed by atoms with Crippen molar-refractivity contribution in [2.45, 2.75) is 10.9 Å². The number of hydrogen-bond donors (Lipinski definition) is 1. The molecule has 0 spiro atoms. The summed E-state index contributed by atoms with van der Waals surface area (Å²) in [5.74, 6) is 0. The zero-order valence-electron chi connectivity index (χ0n) is 7.23. The second-order valence-electron chi connectivity index (χ2n) is 2.38. The Balaban J connectivity index is 0.00000144. The van der Waals surface area contributed by atoms with Gasteiger partial charge in [0.05, 0.1) is 6.07 Å². The van der Waals surface area contributed by atoms with Crippen LogP contribution in [-0.2, 0) is 0 Å². The van der Waals surface area contributed by atoms with E-state index >= 15 is 0 Å². The summed E-state index contributed by atoms with van der Waals surface area (Å²) in [4.78, 5) is 1.14. The lowest BCUT2D eigenvalue weighted by Gasteiger charge is -2.03. The van der Waals surface area contributed by atoms with Gasteiger partial charge in [-0.05, 0) is 24.0 Å². The van der Waals surface area contributed by atoms with Gasteiger partial charge in [0.15, 0.2) is 0 Å². The van der Waals surface area contributed by atoms with E-state index in [9.17, 15) is 0 Å². The predicted molar refractivity (Wildman–Crippen MR) is 58.0 cm³/mol. The van der Waals surface area contributed by atoms with Crippen LogP contribution in [0.25, 0.3) is 0 Å². The van der Waals surface area contributed by atoms with Crippen LogP contribution in [0.5, 0.6) is 0 Å². The minimum Gasteiger partial charge on any atom is -0.312 e. The van der Waals surface area contributed by atoms with E-state index in [1.807, 2.05) is 36.6 Å². The Hall–Kier alpha value is -0.690. The number of benzene rings is 1. The second-order valence-corrected chi connectivity index (χ2v) is 3.26. The van der Waals surface area contributed by atoms with Crippen molar-refractivity contribution in [3.8, 4) is 6.07 Å². The molecule has 0 radical (unpaired) electrons. The first-order chi connectivity index (χ1) is 5.77. The molecule has 0 amide bonds. The Labute approximate surface area is 88.5 Å². The highest BCUT2D eigenvalue weighted by Crippen LogP contribution is 2.18. The van der Waals surface area contributed by atoms with E-state index in [1.165, 1.54) is 0 Å². The Morgan fingerprint density at radius 1 is 1.54 bits per heavy atom. The van der Waals surface area contributed by atoms with Gasteiger partial charge in [-0.15, -0.1) is 24.2 Å². The molecule has 4 heteroatoms. The Kier molecular flexibility index (Phi) is 5.56. The Morgan fingerprint density at radius 2 is 2.23 bits per heavy atom. The number of nitrogens with zero attached hydrogens (tertiary/aromatic N) is 1. The SMILES string of the molecule is CSc1cccc(C(N)C#N)c1.Cl. The smallest absolute Gasteiger partial charge is 0.118 e. The number of hydrogen-bond acceptors (Lipinski definition) is 3. The highest BCUT2D eigenvalue weighted by atomic mass is 35.5. The Bertz CT molecular complexity index is 309. The van der Waals surface area contributed by atoms with Crippen molar-refractivity contribution in [1.29, 1.82) is 5.26 Å². The van der Waals surface area contributed by atoms with Crippen molar-refractivity contribution < 1.29 is 0 Å². The van der Waals surface area contributed by atoms with Crippen molar-refractivity contribution >= 4 is 24.2 Å². The summed E-state index contributed by atoms with van der Waals surface area (Å²) in [6, 6.07) is 9.22. The largest absolute Gasteiger partial charge is 0.312 e. The van der Waals surface area contributed by atoms with E-state index < -0.39 is 6.04 Å². The molecule has 1 aromatic carbocycles. The summed E-state index contributed by atoms with van der Waals surface area (Å²) in [7, 11) is 0. The number of thioether (sulfide) groups is 1. The van der Waals surface area contributed by atoms with E-state index in [0.29, 0.717) is 0 Å². The Morgan fingerprint density at radius 3 is 2.77 bits per heavy atom. The third kappa shape index (κ3) is 3.27. The molecule has 2 N–H and O–H groups in total. The lowest BCUT2D eigenvalue weighted by Crippen LogP contribution is -2.06. The van der Waals surface area contributed by atoms with Crippen LogP contribution in [0.15, 0.2) is 29.2 Å². The van der Waals surface area contributed by atoms with Gasteiger partial charge in [0.2, 0.25) is 0 Å². The minimum absolute atomic E-state index is 0. The van der Waals surface area contributed by atoms with Gasteiger partial charge < -0.3 is 5.73 Å². The molecule has 1 unspecified atom stereocenters. The number of halogens is 1. The molecule has 0 heterocycles. The van der Waals surface area contributed by atoms with E-state index in [4.69, 9.17) is 11.0 Å². The number of nitriles is 1. The van der Waals surface area contributed by atoms with Gasteiger partial charge >= 0.3 is 0 Å². The maximum absolute atomic E-state index is 8.57. The molecule has 0 aliphatic carbocycles. The van der Waals surface area contributed by atoms with E-state index in [0.717, 1.165) is 10.5 Å². The summed E-state index contributed by atoms with van der Waals surface area (Å²) in [6.07, 6.45) is 2.00. The molecule has 0 aromatic heterocycles. The molecule has 1 rings (SSSR count). The summed E-state index contributed by atoms with van der Waals surface area (Å²) < 4.78 is 0. The summed E-state index contributed by atoms with van der Waals surface area (Å²) in [5.41, 5.74) is 6.43. The van der Waals surface area contributed by atoms with Crippen LogP contribution in [0, 0.1) is 11.3 Å². The normalized spacial score (nSPS) is 11.2. The average molecular weight is 215 g/mol. The van der Waals surface area contributed by atoms with Crippen LogP contribution < -0.4 is 5.73 Å². The standard InChI is InChI=1S/C9H10N2S.ClH/c1-12-8-4-2-3-7(5-8)9(11)6-10;/h2-5,9H,11H2,1H3;1H. The average Bonchev–Trinajstić information content (AvgIpc) is 2.17. The van der Waals surface area contributed by atoms with Gasteiger partial charge in [-0.2, -0.15) is 5.26 Å². The highest BCUT2D eigenvalue weighted by molar-refractivity contribution is 7.98. The van der Waals surface area contributed by atoms with Crippen molar-refractivity contribution in [2.75, 3.05) is 6.26 Å². The molecule has 2 nitrogen and oxygen atoms in total. The first-order valence-electron chi connectivity index (χ1n) is 3.57. The highest BCUT2D eigenvalue weighted by Gasteiger charge is 2.03. The van der Waals surface area contributed by atoms with E-state index in [2.05, 4.69) is 0 Å². The first kappa shape index (κ1) is 12.3. The van der Waals surface area contributed by atoms with E-state index in [1.54, 1.807) is 11.8 Å². The molecule has 70 valence electrons.